The summed E-state index contributed by atoms with van der Waals surface area (Å²) in [6.07, 6.45) is 0. The summed E-state index contributed by atoms with van der Waals surface area (Å²) in [6, 6.07) is 10.4. The third-order valence-corrected chi connectivity index (χ3v) is 4.24. The van der Waals surface area contributed by atoms with Gasteiger partial charge in [-0.25, -0.2) is 0 Å². The monoisotopic (exact) mass is 348 g/mol. The lowest BCUT2D eigenvalue weighted by Gasteiger charge is -2.15. The van der Waals surface area contributed by atoms with Crippen molar-refractivity contribution in [2.24, 2.45) is 0 Å². The third-order valence-electron chi connectivity index (χ3n) is 3.59. The van der Waals surface area contributed by atoms with Crippen LogP contribution in [0.15, 0.2) is 30.3 Å². The zero-order valence-corrected chi connectivity index (χ0v) is 14.6. The van der Waals surface area contributed by atoms with Gasteiger partial charge in [0.2, 0.25) is 0 Å². The number of alkyl halides is 1. The molecule has 0 aliphatic rings. The van der Waals surface area contributed by atoms with Crippen LogP contribution in [0.4, 0.5) is 0 Å². The first-order valence-electron chi connectivity index (χ1n) is 6.97. The van der Waals surface area contributed by atoms with E-state index in [0.29, 0.717) is 6.61 Å². The molecular weight excluding hydrogens is 328 g/mol. The van der Waals surface area contributed by atoms with Crippen LogP contribution in [-0.2, 0) is 11.9 Å². The minimum absolute atomic E-state index is 0.558. The molecule has 0 fully saturated rings. The van der Waals surface area contributed by atoms with Gasteiger partial charge in [-0.1, -0.05) is 39.7 Å². The van der Waals surface area contributed by atoms with E-state index in [1.807, 2.05) is 18.2 Å². The number of benzene rings is 2. The van der Waals surface area contributed by atoms with Gasteiger partial charge < -0.3 is 9.47 Å². The number of aryl methyl sites for hydroxylation is 3. The van der Waals surface area contributed by atoms with E-state index in [1.54, 1.807) is 7.11 Å². The van der Waals surface area contributed by atoms with Crippen LogP contribution >= 0.6 is 15.9 Å². The SMILES string of the molecule is COc1cc(CBr)ccc1OCc1c(C)cc(C)cc1C. The molecule has 0 bridgehead atoms. The van der Waals surface area contributed by atoms with Crippen LogP contribution in [0.5, 0.6) is 11.5 Å². The molecule has 3 heteroatoms. The molecule has 0 saturated heterocycles. The van der Waals surface area contributed by atoms with Crippen molar-refractivity contribution in [1.29, 1.82) is 0 Å². The zero-order valence-electron chi connectivity index (χ0n) is 13.0. The standard InChI is InChI=1S/C18H21BrO2/c1-12-7-13(2)16(14(3)8-12)11-21-17-6-5-15(10-19)9-18(17)20-4/h5-9H,10-11H2,1-4H3. The van der Waals surface area contributed by atoms with Gasteiger partial charge in [0.25, 0.3) is 0 Å². The van der Waals surface area contributed by atoms with Gasteiger partial charge in [-0.2, -0.15) is 0 Å². The first-order valence-corrected chi connectivity index (χ1v) is 8.09. The summed E-state index contributed by atoms with van der Waals surface area (Å²) in [5.41, 5.74) is 6.23. The van der Waals surface area contributed by atoms with Crippen LogP contribution in [-0.4, -0.2) is 7.11 Å². The Labute approximate surface area is 135 Å². The maximum atomic E-state index is 5.97. The van der Waals surface area contributed by atoms with Crippen LogP contribution in [0.2, 0.25) is 0 Å². The Morgan fingerprint density at radius 2 is 1.62 bits per heavy atom. The van der Waals surface area contributed by atoms with E-state index in [1.165, 1.54) is 27.8 Å². The van der Waals surface area contributed by atoms with E-state index < -0.39 is 0 Å². The van der Waals surface area contributed by atoms with E-state index in [4.69, 9.17) is 9.47 Å². The van der Waals surface area contributed by atoms with Crippen molar-refractivity contribution < 1.29 is 9.47 Å². The Kier molecular flexibility index (Phi) is 5.29. The van der Waals surface area contributed by atoms with Crippen molar-refractivity contribution in [2.75, 3.05) is 7.11 Å². The maximum absolute atomic E-state index is 5.97. The molecule has 0 saturated carbocycles. The van der Waals surface area contributed by atoms with E-state index in [2.05, 4.69) is 48.8 Å². The first-order chi connectivity index (χ1) is 10.0. The van der Waals surface area contributed by atoms with Gasteiger partial charge in [-0.05, 0) is 55.2 Å². The Bertz CT molecular complexity index is 612. The third kappa shape index (κ3) is 3.79. The second kappa shape index (κ2) is 6.99. The van der Waals surface area contributed by atoms with Crippen LogP contribution in [0.1, 0.15) is 27.8 Å². The lowest BCUT2D eigenvalue weighted by Crippen LogP contribution is -2.02. The average molecular weight is 349 g/mol. The molecule has 2 aromatic rings. The van der Waals surface area contributed by atoms with Crippen molar-refractivity contribution in [3.8, 4) is 11.5 Å². The molecule has 2 rings (SSSR count). The van der Waals surface area contributed by atoms with Gasteiger partial charge in [-0.3, -0.25) is 0 Å². The van der Waals surface area contributed by atoms with Crippen molar-refractivity contribution in [1.82, 2.24) is 0 Å². The fraction of sp³-hybridized carbons (Fsp3) is 0.333. The smallest absolute Gasteiger partial charge is 0.161 e. The van der Waals surface area contributed by atoms with Crippen molar-refractivity contribution in [3.63, 3.8) is 0 Å². The molecule has 0 aliphatic heterocycles. The molecule has 0 amide bonds. The summed E-state index contributed by atoms with van der Waals surface area (Å²) in [5.74, 6) is 1.55. The summed E-state index contributed by atoms with van der Waals surface area (Å²) in [6.45, 7) is 6.93. The predicted octanol–water partition coefficient (Wildman–Crippen LogP) is 5.09. The number of methoxy groups -OCH3 is 1. The molecule has 0 radical (unpaired) electrons. The van der Waals surface area contributed by atoms with Crippen molar-refractivity contribution >= 4 is 15.9 Å². The quantitative estimate of drug-likeness (QED) is 0.700. The molecule has 0 heterocycles. The molecule has 112 valence electrons. The minimum atomic E-state index is 0.558. The molecule has 0 aliphatic carbocycles. The maximum Gasteiger partial charge on any atom is 0.161 e. The number of hydrogen-bond acceptors (Lipinski definition) is 2. The number of hydrogen-bond donors (Lipinski definition) is 0. The summed E-state index contributed by atoms with van der Waals surface area (Å²) in [7, 11) is 1.67. The van der Waals surface area contributed by atoms with E-state index in [-0.39, 0.29) is 0 Å². The largest absolute Gasteiger partial charge is 0.493 e. The number of halogens is 1. The second-order valence-electron chi connectivity index (χ2n) is 5.28. The van der Waals surface area contributed by atoms with Crippen LogP contribution < -0.4 is 9.47 Å². The van der Waals surface area contributed by atoms with E-state index in [9.17, 15) is 0 Å². The highest BCUT2D eigenvalue weighted by Gasteiger charge is 2.09. The van der Waals surface area contributed by atoms with Gasteiger partial charge >= 0.3 is 0 Å². The Morgan fingerprint density at radius 3 is 2.19 bits per heavy atom. The molecule has 0 aromatic heterocycles. The Morgan fingerprint density at radius 1 is 0.952 bits per heavy atom. The molecule has 2 aromatic carbocycles. The van der Waals surface area contributed by atoms with E-state index in [0.717, 1.165) is 16.8 Å². The van der Waals surface area contributed by atoms with Crippen molar-refractivity contribution in [3.05, 3.63) is 58.1 Å². The van der Waals surface area contributed by atoms with Crippen molar-refractivity contribution in [2.45, 2.75) is 32.7 Å². The molecule has 0 N–H and O–H groups in total. The second-order valence-corrected chi connectivity index (χ2v) is 5.85. The average Bonchev–Trinajstić information content (AvgIpc) is 2.46. The predicted molar refractivity (Wildman–Crippen MR) is 90.6 cm³/mol. The zero-order chi connectivity index (χ0) is 15.4. The Hall–Kier alpha value is -1.48. The summed E-state index contributed by atoms with van der Waals surface area (Å²) in [5, 5.41) is 0.805. The molecule has 21 heavy (non-hydrogen) atoms. The molecular formula is C18H21BrO2. The van der Waals surface area contributed by atoms with Gasteiger partial charge in [0, 0.05) is 5.33 Å². The number of ether oxygens (including phenoxy) is 2. The number of rotatable bonds is 5. The Balaban J connectivity index is 2.20. The summed E-state index contributed by atoms with van der Waals surface area (Å²) < 4.78 is 11.4. The molecule has 0 spiro atoms. The van der Waals surface area contributed by atoms with Crippen LogP contribution in [0.3, 0.4) is 0 Å². The van der Waals surface area contributed by atoms with E-state index >= 15 is 0 Å². The normalized spacial score (nSPS) is 10.5. The van der Waals surface area contributed by atoms with Gasteiger partial charge in [-0.15, -0.1) is 0 Å². The fourth-order valence-electron chi connectivity index (χ4n) is 2.50. The first kappa shape index (κ1) is 15.9. The highest BCUT2D eigenvalue weighted by atomic mass is 79.9. The van der Waals surface area contributed by atoms with Gasteiger partial charge in [0.05, 0.1) is 7.11 Å². The van der Waals surface area contributed by atoms with Crippen LogP contribution in [0, 0.1) is 20.8 Å². The summed E-state index contributed by atoms with van der Waals surface area (Å²) in [4.78, 5) is 0. The highest BCUT2D eigenvalue weighted by molar-refractivity contribution is 9.08. The summed E-state index contributed by atoms with van der Waals surface area (Å²) >= 11 is 3.45. The topological polar surface area (TPSA) is 18.5 Å². The van der Waals surface area contributed by atoms with Gasteiger partial charge in [0.15, 0.2) is 11.5 Å². The lowest BCUT2D eigenvalue weighted by molar-refractivity contribution is 0.283. The fourth-order valence-corrected chi connectivity index (χ4v) is 2.85. The molecule has 0 unspecified atom stereocenters. The molecule has 2 nitrogen and oxygen atoms in total. The molecule has 0 atom stereocenters. The highest BCUT2D eigenvalue weighted by Crippen LogP contribution is 2.30. The van der Waals surface area contributed by atoms with Crippen LogP contribution in [0.25, 0.3) is 0 Å². The lowest BCUT2D eigenvalue weighted by atomic mass is 10.0. The van der Waals surface area contributed by atoms with Gasteiger partial charge in [0.1, 0.15) is 6.61 Å². The minimum Gasteiger partial charge on any atom is -0.493 e.